The lowest BCUT2D eigenvalue weighted by Crippen LogP contribution is -2.42. The topological polar surface area (TPSA) is 94.7 Å². The van der Waals surface area contributed by atoms with Crippen molar-refractivity contribution in [3.8, 4) is 56.3 Å². The van der Waals surface area contributed by atoms with Crippen LogP contribution >= 0.6 is 0 Å². The fourth-order valence-electron chi connectivity index (χ4n) is 16.5. The number of carbonyl (C=O) groups excluding carboxylic acids is 2. The highest BCUT2D eigenvalue weighted by atomic mass is 16.2. The van der Waals surface area contributed by atoms with Gasteiger partial charge in [-0.1, -0.05) is 167 Å². The number of fused-ring (bicyclic) bond motifs is 10. The molecule has 0 saturated carbocycles. The van der Waals surface area contributed by atoms with E-state index >= 15 is 9.59 Å². The van der Waals surface area contributed by atoms with Crippen molar-refractivity contribution in [3.05, 3.63) is 264 Å². The maximum atomic E-state index is 15.0. The van der Waals surface area contributed by atoms with Crippen molar-refractivity contribution in [1.29, 1.82) is 0 Å². The number of H-pyrrole nitrogens is 2. The third-order valence-electron chi connectivity index (χ3n) is 20.6. The number of aromatic amines is 2. The van der Waals surface area contributed by atoms with Gasteiger partial charge in [0, 0.05) is 72.0 Å². The minimum absolute atomic E-state index is 0.191. The summed E-state index contributed by atoms with van der Waals surface area (Å²) in [5.41, 5.74) is 31.6. The van der Waals surface area contributed by atoms with Crippen molar-refractivity contribution in [3.63, 3.8) is 0 Å². The molecule has 0 spiro atoms. The van der Waals surface area contributed by atoms with Crippen molar-refractivity contribution in [1.82, 2.24) is 19.9 Å². The lowest BCUT2D eigenvalue weighted by molar-refractivity contribution is 0.0893. The lowest BCUT2D eigenvalue weighted by Gasteiger charge is -2.34. The Hall–Kier alpha value is -11.2. The van der Waals surface area contributed by atoms with Crippen molar-refractivity contribution in [2.45, 2.75) is 115 Å². The Kier molecular flexibility index (Phi) is 14.1. The molecule has 7 nitrogen and oxygen atoms in total. The number of amides is 2. The molecule has 13 aromatic rings. The quantitative estimate of drug-likeness (QED) is 0.0777. The van der Waals surface area contributed by atoms with Gasteiger partial charge in [0.15, 0.2) is 0 Å². The lowest BCUT2D eigenvalue weighted by atomic mass is 9.80. The molecule has 98 heavy (non-hydrogen) atoms. The highest BCUT2D eigenvalue weighted by Crippen LogP contribution is 2.48. The van der Waals surface area contributed by atoms with Crippen LogP contribution in [0, 0.1) is 74.2 Å². The minimum Gasteiger partial charge on any atom is -0.354 e. The summed E-state index contributed by atoms with van der Waals surface area (Å²) in [6.45, 7) is 32.6. The van der Waals surface area contributed by atoms with Gasteiger partial charge in [0.05, 0.1) is 28.5 Å². The first-order valence-corrected chi connectivity index (χ1v) is 34.1. The van der Waals surface area contributed by atoms with E-state index in [1.807, 2.05) is 12.1 Å². The van der Waals surface area contributed by atoms with Crippen LogP contribution in [-0.2, 0) is 10.8 Å². The second kappa shape index (κ2) is 22.4. The van der Waals surface area contributed by atoms with E-state index in [9.17, 15) is 0 Å². The zero-order valence-corrected chi connectivity index (χ0v) is 58.5. The molecule has 2 amide bonds. The van der Waals surface area contributed by atoms with Crippen LogP contribution in [0.3, 0.4) is 0 Å². The summed E-state index contributed by atoms with van der Waals surface area (Å²) >= 11 is 0. The summed E-state index contributed by atoms with van der Waals surface area (Å²) in [7, 11) is 0. The summed E-state index contributed by atoms with van der Waals surface area (Å²) in [5, 5.41) is 7.86. The van der Waals surface area contributed by atoms with Crippen LogP contribution in [0.4, 0.5) is 5.69 Å². The Morgan fingerprint density at radius 1 is 0.367 bits per heavy atom. The van der Waals surface area contributed by atoms with Gasteiger partial charge < -0.3 is 9.97 Å². The number of aryl methyl sites for hydroxylation is 9. The molecule has 7 heteroatoms. The van der Waals surface area contributed by atoms with Crippen LogP contribution < -0.4 is 4.90 Å². The maximum Gasteiger partial charge on any atom is 0.265 e. The first-order chi connectivity index (χ1) is 46.9. The number of anilines is 1. The van der Waals surface area contributed by atoms with E-state index in [4.69, 9.17) is 9.97 Å². The molecule has 3 aliphatic heterocycles. The second-order valence-corrected chi connectivity index (χ2v) is 29.8. The third-order valence-corrected chi connectivity index (χ3v) is 20.6. The molecule has 3 aliphatic rings. The Bertz CT molecular complexity index is 5840. The highest BCUT2D eigenvalue weighted by molar-refractivity contribution is 6.42. The Balaban J connectivity index is 0.851. The van der Waals surface area contributed by atoms with Gasteiger partial charge in [0.2, 0.25) is 0 Å². The van der Waals surface area contributed by atoms with Crippen molar-refractivity contribution >= 4 is 107 Å². The van der Waals surface area contributed by atoms with E-state index in [0.29, 0.717) is 22.2 Å². The molecule has 16 rings (SSSR count). The van der Waals surface area contributed by atoms with E-state index in [2.05, 4.69) is 296 Å². The smallest absolute Gasteiger partial charge is 0.265 e. The van der Waals surface area contributed by atoms with Gasteiger partial charge in [0.25, 0.3) is 11.8 Å². The average molecular weight is 1270 g/mol. The molecule has 0 saturated heterocycles. The van der Waals surface area contributed by atoms with E-state index in [1.54, 1.807) is 0 Å². The minimum atomic E-state index is -0.324. The molecule has 0 atom stereocenters. The predicted octanol–water partition coefficient (Wildman–Crippen LogP) is 22.9. The molecule has 478 valence electrons. The van der Waals surface area contributed by atoms with Gasteiger partial charge in [-0.25, -0.2) is 14.9 Å². The molecule has 3 aromatic heterocycles. The number of benzene rings is 10. The fraction of sp³-hybridized carbons (Fsp3) is 0.187. The molecule has 0 unspecified atom stereocenters. The zero-order chi connectivity index (χ0) is 68.3. The number of hydrogen-bond donors (Lipinski definition) is 2. The summed E-state index contributed by atoms with van der Waals surface area (Å²) in [6, 6.07) is 56.1. The van der Waals surface area contributed by atoms with Crippen LogP contribution in [-0.4, -0.2) is 31.8 Å². The van der Waals surface area contributed by atoms with Crippen LogP contribution in [0.5, 0.6) is 0 Å². The van der Waals surface area contributed by atoms with Gasteiger partial charge in [0.1, 0.15) is 0 Å². The summed E-state index contributed by atoms with van der Waals surface area (Å²) in [4.78, 5) is 50.9. The molecule has 0 aliphatic carbocycles. The highest BCUT2D eigenvalue weighted by Gasteiger charge is 2.39. The normalized spacial score (nSPS) is 13.1. The van der Waals surface area contributed by atoms with Crippen molar-refractivity contribution in [2.75, 3.05) is 4.90 Å². The first-order valence-electron chi connectivity index (χ1n) is 34.1. The molecule has 6 heterocycles. The molecule has 0 radical (unpaired) electrons. The number of nitrogens with zero attached hydrogens (tertiary/aromatic N) is 3. The Labute approximate surface area is 573 Å². The number of imide groups is 1. The van der Waals surface area contributed by atoms with Gasteiger partial charge in [-0.2, -0.15) is 0 Å². The molecule has 8 bridgehead atoms. The molecule has 10 aromatic carbocycles. The van der Waals surface area contributed by atoms with Crippen LogP contribution in [0.2, 0.25) is 0 Å². The maximum absolute atomic E-state index is 15.0. The Morgan fingerprint density at radius 3 is 1.22 bits per heavy atom. The predicted molar refractivity (Wildman–Crippen MR) is 412 cm³/mol. The zero-order valence-electron chi connectivity index (χ0n) is 58.5. The van der Waals surface area contributed by atoms with Gasteiger partial charge in [-0.05, 0) is 263 Å². The molecular formula is C91H77N5O2. The SMILES string of the molecule is Cc1cc(C)c(-c2c3nc(c(-c4c(C)cc(C)cc4C)c4ccc([nH]4)c(-c4c(C)cc(C)cc4C)c4nc(c(-c5ccc(C#Cc6ccc7c8ccc9c%10c(ccc(c%11cccc6c%117)c%108)C(=O)N(c6cc(C(C)(C)C)ccc6C(C)(C)C)C9=O)cc5)c5ccc2[nH]5)C=C4)C=C3)c(C)c1. The summed E-state index contributed by atoms with van der Waals surface area (Å²) in [6.07, 6.45) is 8.75. The number of aromatic nitrogens is 4. The fourth-order valence-corrected chi connectivity index (χ4v) is 16.5. The monoisotopic (exact) mass is 1270 g/mol. The number of nitrogens with one attached hydrogen (secondary N) is 2. The second-order valence-electron chi connectivity index (χ2n) is 29.8. The van der Waals surface area contributed by atoms with Gasteiger partial charge >= 0.3 is 0 Å². The molecule has 2 N–H and O–H groups in total. The van der Waals surface area contributed by atoms with Crippen LogP contribution in [0.15, 0.2) is 158 Å². The average Bonchev–Trinajstić information content (AvgIpc) is 0.868. The number of rotatable bonds is 5. The molecule has 0 fully saturated rings. The third kappa shape index (κ3) is 9.86. The first kappa shape index (κ1) is 61.7. The Morgan fingerprint density at radius 2 is 0.776 bits per heavy atom. The standard InChI is InChI=1S/C91H77N5O2/c1-48-41-51(4)78(52(5)42-48)85-71-35-33-69(92-71)81(70-34-36-72(93-70)86(79-53(6)43-49(2)44-54(79)7)74-38-40-76(95-74)87(75-39-37-73(85)94-75)80-55(8)45-50(3)46-56(80)9)59-23-20-57(21-24-59)19-22-58-25-27-63-65-29-31-67-84-66(30-28-64(83(65)84)62-18-16-17-61(58)82(62)63)88(97)96(89(67)98)77-47-60(90(10,11)12)26-32-68(77)91(13,14)15/h16-18,20-21,23-47,92,95H,1-15H3. The van der Waals surface area contributed by atoms with E-state index in [0.717, 1.165) is 144 Å². The van der Waals surface area contributed by atoms with E-state index < -0.39 is 0 Å². The largest absolute Gasteiger partial charge is 0.354 e. The van der Waals surface area contributed by atoms with Crippen molar-refractivity contribution < 1.29 is 9.59 Å². The number of hydrogen-bond acceptors (Lipinski definition) is 4. The molecular weight excluding hydrogens is 1200 g/mol. The van der Waals surface area contributed by atoms with E-state index in [1.165, 1.54) is 60.5 Å². The van der Waals surface area contributed by atoms with Gasteiger partial charge in [-0.3, -0.25) is 9.59 Å². The van der Waals surface area contributed by atoms with Crippen LogP contribution in [0.1, 0.15) is 157 Å². The summed E-state index contributed by atoms with van der Waals surface area (Å²) in [5.74, 6) is 6.59. The summed E-state index contributed by atoms with van der Waals surface area (Å²) < 4.78 is 0. The van der Waals surface area contributed by atoms with E-state index in [-0.39, 0.29) is 22.6 Å². The van der Waals surface area contributed by atoms with Crippen molar-refractivity contribution in [2.24, 2.45) is 0 Å². The van der Waals surface area contributed by atoms with Crippen LogP contribution in [0.25, 0.3) is 134 Å². The number of carbonyl (C=O) groups is 2. The van der Waals surface area contributed by atoms with Gasteiger partial charge in [-0.15, -0.1) is 0 Å².